The van der Waals surface area contributed by atoms with Gasteiger partial charge in [-0.05, 0) is 0 Å². The Balaban J connectivity index is 0.00000141. The molecule has 6 heteroatoms. The molecule has 0 atom stereocenters. The molecule has 2 aromatic rings. The number of benzene rings is 2. The quantitative estimate of drug-likeness (QED) is 0.294. The first-order valence-electron chi connectivity index (χ1n) is 10.3. The molecule has 0 saturated carbocycles. The van der Waals surface area contributed by atoms with Crippen molar-refractivity contribution in [3.8, 4) is 11.5 Å². The van der Waals surface area contributed by atoms with E-state index in [2.05, 4.69) is 119 Å². The van der Waals surface area contributed by atoms with Crippen LogP contribution in [0.4, 0.5) is 0 Å². The van der Waals surface area contributed by atoms with Crippen LogP contribution in [-0.2, 0) is 23.2 Å². The minimum absolute atomic E-state index is 0.437. The van der Waals surface area contributed by atoms with Gasteiger partial charge in [-0.25, -0.2) is 0 Å². The van der Waals surface area contributed by atoms with Gasteiger partial charge in [0.1, 0.15) is 0 Å². The van der Waals surface area contributed by atoms with Crippen molar-refractivity contribution in [1.29, 1.82) is 0 Å². The van der Waals surface area contributed by atoms with E-state index in [4.69, 9.17) is 6.78 Å². The minimum Gasteiger partial charge on any atom is -0.166 e. The van der Waals surface area contributed by atoms with Crippen molar-refractivity contribution in [2.45, 2.75) is 79.1 Å². The molecule has 0 aliphatic rings. The van der Waals surface area contributed by atoms with Crippen LogP contribution in [0.5, 0.6) is 11.5 Å². The fraction of sp³-hybridized carbons (Fsp3) is 0.500. The van der Waals surface area contributed by atoms with Crippen LogP contribution in [0.25, 0.3) is 0 Å². The van der Waals surface area contributed by atoms with Gasteiger partial charge in [-0.15, -0.1) is 0 Å². The van der Waals surface area contributed by atoms with Gasteiger partial charge in [0.25, 0.3) is 0 Å². The third-order valence-electron chi connectivity index (χ3n) is 4.87. The molecule has 0 aliphatic carbocycles. The predicted molar refractivity (Wildman–Crippen MR) is 123 cm³/mol. The van der Waals surface area contributed by atoms with Crippen molar-refractivity contribution in [2.75, 3.05) is 0 Å². The fourth-order valence-electron chi connectivity index (χ4n) is 3.24. The van der Waals surface area contributed by atoms with Crippen molar-refractivity contribution in [3.63, 3.8) is 0 Å². The van der Waals surface area contributed by atoms with E-state index in [1.807, 2.05) is 0 Å². The van der Waals surface area contributed by atoms with E-state index in [9.17, 15) is 0 Å². The molecule has 0 amide bonds. The molecule has 0 aromatic heterocycles. The summed E-state index contributed by atoms with van der Waals surface area (Å²) in [5, 5.41) is 0. The molecular formula is C24H34Cl2O3W. The summed E-state index contributed by atoms with van der Waals surface area (Å²) in [7, 11) is 0. The number of halogens is 2. The maximum absolute atomic E-state index is 6.41. The Morgan fingerprint density at radius 1 is 0.567 bits per heavy atom. The van der Waals surface area contributed by atoms with Gasteiger partial charge in [0.05, 0.1) is 23.7 Å². The molecule has 0 N–H and O–H groups in total. The monoisotopic (exact) mass is 624 g/mol. The van der Waals surface area contributed by atoms with E-state index >= 15 is 0 Å². The number of rotatable bonds is 8. The fourth-order valence-corrected chi connectivity index (χ4v) is 5.24. The third kappa shape index (κ3) is 7.75. The first kappa shape index (κ1) is 27.3. The molecule has 0 unspecified atom stereocenters. The number of para-hydroxylation sites is 2. The van der Waals surface area contributed by atoms with E-state index in [0.717, 1.165) is 11.5 Å². The van der Waals surface area contributed by atoms with Crippen LogP contribution >= 0.6 is 23.7 Å². The molecule has 0 bridgehead atoms. The zero-order chi connectivity index (χ0) is 22.8. The van der Waals surface area contributed by atoms with Crippen LogP contribution < -0.4 is 6.78 Å². The molecule has 0 aliphatic heterocycles. The average Bonchev–Trinajstić information content (AvgIpc) is 2.68. The summed E-state index contributed by atoms with van der Waals surface area (Å²) in [5.41, 5.74) is 5.13. The van der Waals surface area contributed by atoms with Crippen molar-refractivity contribution in [3.05, 3.63) is 58.7 Å². The van der Waals surface area contributed by atoms with E-state index in [1.165, 1.54) is 22.3 Å². The van der Waals surface area contributed by atoms with Gasteiger partial charge in [0.15, 0.2) is 0 Å². The van der Waals surface area contributed by atoms with Gasteiger partial charge in [-0.3, -0.25) is 0 Å². The van der Waals surface area contributed by atoms with Crippen molar-refractivity contribution in [2.24, 2.45) is 0 Å². The topological polar surface area (TPSA) is 27.7 Å². The first-order chi connectivity index (χ1) is 14.1. The first-order valence-corrected chi connectivity index (χ1v) is 13.3. The van der Waals surface area contributed by atoms with Gasteiger partial charge >= 0.3 is 175 Å². The normalized spacial score (nSPS) is 11.1. The molecular weight excluding hydrogens is 591 g/mol. The van der Waals surface area contributed by atoms with Crippen molar-refractivity contribution < 1.29 is 29.9 Å². The van der Waals surface area contributed by atoms with Crippen LogP contribution in [0.1, 0.15) is 101 Å². The Morgan fingerprint density at radius 2 is 0.800 bits per heavy atom. The number of hydrogen-bond acceptors (Lipinski definition) is 3. The molecule has 3 nitrogen and oxygen atoms in total. The molecule has 168 valence electrons. The zero-order valence-corrected chi connectivity index (χ0v) is 23.6. The van der Waals surface area contributed by atoms with Crippen molar-refractivity contribution >= 4 is 23.7 Å². The van der Waals surface area contributed by atoms with Crippen LogP contribution in [-0.4, -0.2) is 0 Å². The molecule has 0 radical (unpaired) electrons. The standard InChI is InChI=1S/2C12H18O.Cl2O.W/c2*1-8(2)10-6-5-7-11(9(3)4)12(10)13;1-3-2;/h2*5-9,13H,1-4H3;;/q;;;+2/p-2. The van der Waals surface area contributed by atoms with E-state index in [-0.39, 0.29) is 0 Å². The summed E-state index contributed by atoms with van der Waals surface area (Å²) in [6.45, 7) is 17.8. The molecule has 30 heavy (non-hydrogen) atoms. The van der Waals surface area contributed by atoms with E-state index < -0.39 is 19.3 Å². The van der Waals surface area contributed by atoms with Gasteiger partial charge in [-0.2, -0.15) is 3.84 Å². The SMILES string of the molecule is CC(C)c1cccc(C(C)C)c1[O][W][O]c1c(C(C)C)cccc1C(C)C.ClOCl. The van der Waals surface area contributed by atoms with Crippen molar-refractivity contribution in [1.82, 2.24) is 0 Å². The number of hydrogen-bond donors (Lipinski definition) is 0. The largest absolute Gasteiger partial charge is 0.166 e. The second-order valence-corrected chi connectivity index (χ2v) is 10.6. The smallest absolute Gasteiger partial charge is 0.0832 e. The molecule has 0 heterocycles. The Hall–Kier alpha value is -0.732. The van der Waals surface area contributed by atoms with Gasteiger partial charge < -0.3 is 0 Å². The average molecular weight is 625 g/mol. The third-order valence-corrected chi connectivity index (χ3v) is 6.56. The van der Waals surface area contributed by atoms with E-state index in [0.29, 0.717) is 23.7 Å². The Labute approximate surface area is 202 Å². The Kier molecular flexibility index (Phi) is 12.4. The maximum Gasteiger partial charge on any atom is 0.0832 e. The maximum atomic E-state index is 6.41. The summed E-state index contributed by atoms with van der Waals surface area (Å²) in [5.74, 6) is 3.86. The second kappa shape index (κ2) is 13.6. The minimum atomic E-state index is -1.48. The molecule has 2 aromatic carbocycles. The summed E-state index contributed by atoms with van der Waals surface area (Å²) in [6, 6.07) is 13.0. The zero-order valence-electron chi connectivity index (χ0n) is 19.2. The van der Waals surface area contributed by atoms with Gasteiger partial charge in [-0.1, -0.05) is 0 Å². The summed E-state index contributed by atoms with van der Waals surface area (Å²) >= 11 is 7.04. The molecule has 2 rings (SSSR count). The van der Waals surface area contributed by atoms with E-state index in [1.54, 1.807) is 0 Å². The van der Waals surface area contributed by atoms with Crippen LogP contribution in [0, 0.1) is 0 Å². The molecule has 0 saturated heterocycles. The van der Waals surface area contributed by atoms with Crippen LogP contribution in [0.15, 0.2) is 36.4 Å². The summed E-state index contributed by atoms with van der Waals surface area (Å²) in [4.78, 5) is 0. The Bertz CT molecular complexity index is 661. The Morgan fingerprint density at radius 3 is 1.00 bits per heavy atom. The van der Waals surface area contributed by atoms with Crippen LogP contribution in [0.3, 0.4) is 0 Å². The van der Waals surface area contributed by atoms with Gasteiger partial charge in [0, 0.05) is 0 Å². The molecule has 0 spiro atoms. The summed E-state index contributed by atoms with van der Waals surface area (Å²) < 4.78 is 16.0. The van der Waals surface area contributed by atoms with Crippen LogP contribution in [0.2, 0.25) is 0 Å². The molecule has 0 fully saturated rings. The van der Waals surface area contributed by atoms with Gasteiger partial charge in [0.2, 0.25) is 0 Å². The predicted octanol–water partition coefficient (Wildman–Crippen LogP) is 8.86. The summed E-state index contributed by atoms with van der Waals surface area (Å²) in [6.07, 6.45) is 0. The second-order valence-electron chi connectivity index (χ2n) is 8.44.